The van der Waals surface area contributed by atoms with Crippen LogP contribution >= 0.6 is 0 Å². The highest BCUT2D eigenvalue weighted by Crippen LogP contribution is 2.43. The highest BCUT2D eigenvalue weighted by atomic mass is 15.0. The van der Waals surface area contributed by atoms with Gasteiger partial charge in [0.1, 0.15) is 0 Å². The monoisotopic (exact) mass is 877 g/mol. The van der Waals surface area contributed by atoms with Crippen molar-refractivity contribution in [1.82, 2.24) is 4.57 Å². The van der Waals surface area contributed by atoms with E-state index in [1.165, 1.54) is 78.2 Å². The molecular weight excluding hydrogens is 809 g/mol. The Hall–Kier alpha value is -7.16. The Morgan fingerprint density at radius 2 is 1.42 bits per heavy atom. The van der Waals surface area contributed by atoms with E-state index in [4.69, 9.17) is 5.73 Å². The molecule has 2 nitrogen and oxygen atoms in total. The van der Waals surface area contributed by atoms with Crippen LogP contribution in [0.4, 0.5) is 0 Å². The summed E-state index contributed by atoms with van der Waals surface area (Å²) in [6.45, 7) is 21.3. The van der Waals surface area contributed by atoms with Crippen molar-refractivity contribution in [2.75, 3.05) is 0 Å². The maximum atomic E-state index is 6.19. The molecule has 1 atom stereocenters. The Morgan fingerprint density at radius 3 is 2.10 bits per heavy atom. The molecule has 2 N–H and O–H groups in total. The normalized spacial score (nSPS) is 14.4. The van der Waals surface area contributed by atoms with Crippen LogP contribution in [0.1, 0.15) is 123 Å². The van der Waals surface area contributed by atoms with Gasteiger partial charge in [-0.3, -0.25) is 0 Å². The molecular formula is C65H68N2. The molecule has 0 aliphatic heterocycles. The van der Waals surface area contributed by atoms with Gasteiger partial charge >= 0.3 is 0 Å². The second-order valence-corrected chi connectivity index (χ2v) is 17.0. The number of allylic oxidation sites excluding steroid dienone is 12. The van der Waals surface area contributed by atoms with Gasteiger partial charge in [0, 0.05) is 22.9 Å². The van der Waals surface area contributed by atoms with Crippen molar-refractivity contribution < 1.29 is 0 Å². The van der Waals surface area contributed by atoms with E-state index in [0.717, 1.165) is 66.5 Å². The van der Waals surface area contributed by atoms with Crippen LogP contribution in [0.5, 0.6) is 0 Å². The molecule has 338 valence electrons. The molecule has 1 unspecified atom stereocenters. The van der Waals surface area contributed by atoms with Crippen molar-refractivity contribution in [3.8, 4) is 27.9 Å². The molecule has 2 aliphatic rings. The Kier molecular flexibility index (Phi) is 16.3. The number of rotatable bonds is 15. The molecule has 0 bridgehead atoms. The van der Waals surface area contributed by atoms with Gasteiger partial charge in [-0.15, -0.1) is 0 Å². The number of fused-ring (bicyclic) bond motifs is 1. The van der Waals surface area contributed by atoms with Crippen molar-refractivity contribution in [3.63, 3.8) is 0 Å². The number of aromatic nitrogens is 1. The van der Waals surface area contributed by atoms with Gasteiger partial charge < -0.3 is 10.3 Å². The molecule has 2 heteroatoms. The van der Waals surface area contributed by atoms with E-state index < -0.39 is 0 Å². The van der Waals surface area contributed by atoms with E-state index in [1.54, 1.807) is 6.20 Å². The van der Waals surface area contributed by atoms with Gasteiger partial charge in [0.25, 0.3) is 0 Å². The fourth-order valence-corrected chi connectivity index (χ4v) is 10.1. The van der Waals surface area contributed by atoms with E-state index in [9.17, 15) is 0 Å². The molecule has 2 aliphatic carbocycles. The van der Waals surface area contributed by atoms with Crippen molar-refractivity contribution in [3.05, 3.63) is 250 Å². The number of hydrogen-bond acceptors (Lipinski definition) is 1. The average Bonchev–Trinajstić information content (AvgIpc) is 3.70. The first-order valence-electron chi connectivity index (χ1n) is 24.4. The maximum absolute atomic E-state index is 6.19. The largest absolute Gasteiger partial charge is 0.405 e. The lowest BCUT2D eigenvalue weighted by Crippen LogP contribution is -2.04. The van der Waals surface area contributed by atoms with Gasteiger partial charge in [0.05, 0.1) is 5.69 Å². The van der Waals surface area contributed by atoms with Crippen molar-refractivity contribution in [2.24, 2.45) is 5.73 Å². The van der Waals surface area contributed by atoms with Crippen LogP contribution in [-0.4, -0.2) is 4.57 Å². The van der Waals surface area contributed by atoms with Crippen LogP contribution in [0.15, 0.2) is 200 Å². The minimum Gasteiger partial charge on any atom is -0.405 e. The molecule has 0 radical (unpaired) electrons. The van der Waals surface area contributed by atoms with Gasteiger partial charge in [-0.1, -0.05) is 193 Å². The van der Waals surface area contributed by atoms with E-state index in [1.807, 2.05) is 26.0 Å². The molecule has 0 spiro atoms. The Labute approximate surface area is 402 Å². The number of nitrogens with zero attached hydrogens (tertiary/aromatic N) is 1. The lowest BCUT2D eigenvalue weighted by Gasteiger charge is -2.24. The molecule has 0 fully saturated rings. The number of nitrogens with two attached hydrogens (primary N) is 1. The molecule has 0 amide bonds. The minimum atomic E-state index is -0.0884. The molecule has 0 saturated carbocycles. The van der Waals surface area contributed by atoms with E-state index >= 15 is 0 Å². The minimum absolute atomic E-state index is 0.0884. The zero-order chi connectivity index (χ0) is 47.3. The molecule has 8 rings (SSSR count). The average molecular weight is 877 g/mol. The van der Waals surface area contributed by atoms with Gasteiger partial charge in [-0.05, 0) is 172 Å². The van der Waals surface area contributed by atoms with Crippen LogP contribution in [0, 0.1) is 6.92 Å². The highest BCUT2D eigenvalue weighted by molar-refractivity contribution is 5.91. The Bertz CT molecular complexity index is 2950. The number of aryl methyl sites for hydroxylation is 1. The van der Waals surface area contributed by atoms with Crippen LogP contribution in [0.25, 0.3) is 57.3 Å². The lowest BCUT2D eigenvalue weighted by atomic mass is 9.80. The zero-order valence-corrected chi connectivity index (χ0v) is 40.7. The smallest absolute Gasteiger partial charge is 0.0534 e. The summed E-state index contributed by atoms with van der Waals surface area (Å²) in [5, 5.41) is 0. The quantitative estimate of drug-likeness (QED) is 0.102. The standard InChI is InChI=1S/C63H62N2.C2H6/c1-7-23-61-55(11-5)58-34-17-18-37-62(58)65(61)53-32-22-28-48(42-53)47-27-20-30-51(40-47)60(43-49(38-39-64)46-25-13-12-14-26-46)52-31-21-29-50(41-52)56-36-19-24-44(6)63(56)59-35-16-15-33-57(59)54(10-4)45(8-2)9-3;1-2/h7-8,11-14,16,18-32,35-43,60H,2,5,9-10,15,17,33-34,64H2,1,3-4,6H3;1-2H3/b23-7-,39-38-,49-43+,54-45-;. The summed E-state index contributed by atoms with van der Waals surface area (Å²) < 4.78 is 2.40. The summed E-state index contributed by atoms with van der Waals surface area (Å²) in [7, 11) is 0. The van der Waals surface area contributed by atoms with Crippen LogP contribution < -0.4 is 5.73 Å². The molecule has 5 aromatic carbocycles. The van der Waals surface area contributed by atoms with Gasteiger partial charge in [-0.25, -0.2) is 0 Å². The van der Waals surface area contributed by atoms with E-state index in [2.05, 4.69) is 215 Å². The third kappa shape index (κ3) is 10.2. The fourth-order valence-electron chi connectivity index (χ4n) is 10.1. The fraction of sp³-hybridized carbons (Fsp3) is 0.200. The molecule has 1 heterocycles. The maximum Gasteiger partial charge on any atom is 0.0534 e. The van der Waals surface area contributed by atoms with Crippen LogP contribution in [0.2, 0.25) is 0 Å². The number of benzene rings is 5. The SMILES string of the molecule is C=C/C(CC)=C(\CC)C1=C(c2c(C)cccc2-c2cccc(C(/C=C(\C=C/N)c3ccccc3)c3cccc(-c4cccc(-n5c6c(c(C=C)c5/C=C\C)CCC=C6)c4)c3)c2)C=CCC1.CC. The first kappa shape index (κ1) is 47.8. The summed E-state index contributed by atoms with van der Waals surface area (Å²) in [4.78, 5) is 0. The van der Waals surface area contributed by atoms with E-state index in [-0.39, 0.29) is 5.92 Å². The Morgan fingerprint density at radius 1 is 0.746 bits per heavy atom. The summed E-state index contributed by atoms with van der Waals surface area (Å²) >= 11 is 0. The molecule has 67 heavy (non-hydrogen) atoms. The zero-order valence-electron chi connectivity index (χ0n) is 40.7. The predicted octanol–water partition coefficient (Wildman–Crippen LogP) is 17.9. The molecule has 6 aromatic rings. The summed E-state index contributed by atoms with van der Waals surface area (Å²) in [5.74, 6) is -0.0884. The van der Waals surface area contributed by atoms with Gasteiger partial charge in [0.15, 0.2) is 0 Å². The second kappa shape index (κ2) is 22.8. The highest BCUT2D eigenvalue weighted by Gasteiger charge is 2.23. The summed E-state index contributed by atoms with van der Waals surface area (Å²) in [5.41, 5.74) is 29.9. The molecule has 1 aromatic heterocycles. The van der Waals surface area contributed by atoms with E-state index in [0.29, 0.717) is 0 Å². The van der Waals surface area contributed by atoms with Gasteiger partial charge in [0.2, 0.25) is 0 Å². The third-order valence-corrected chi connectivity index (χ3v) is 13.2. The second-order valence-electron chi connectivity index (χ2n) is 17.0. The summed E-state index contributed by atoms with van der Waals surface area (Å²) in [6, 6.07) is 44.6. The topological polar surface area (TPSA) is 30.9 Å². The van der Waals surface area contributed by atoms with Crippen LogP contribution in [0.3, 0.4) is 0 Å². The Balaban J connectivity index is 0.00000329. The van der Waals surface area contributed by atoms with Crippen molar-refractivity contribution in [2.45, 2.75) is 86.0 Å². The predicted molar refractivity (Wildman–Crippen MR) is 294 cm³/mol. The first-order valence-corrected chi connectivity index (χ1v) is 24.4. The first-order chi connectivity index (χ1) is 32.9. The summed E-state index contributed by atoms with van der Waals surface area (Å²) in [6.07, 6.45) is 29.9. The molecule has 0 saturated heterocycles. The number of hydrogen-bond donors (Lipinski definition) is 1. The lowest BCUT2D eigenvalue weighted by molar-refractivity contribution is 0.922. The van der Waals surface area contributed by atoms with Crippen molar-refractivity contribution >= 4 is 29.4 Å². The van der Waals surface area contributed by atoms with Crippen LogP contribution in [-0.2, 0) is 6.42 Å². The van der Waals surface area contributed by atoms with Gasteiger partial charge in [-0.2, -0.15) is 0 Å². The third-order valence-electron chi connectivity index (χ3n) is 13.2. The van der Waals surface area contributed by atoms with Crippen molar-refractivity contribution in [1.29, 1.82) is 0 Å².